The Hall–Kier alpha value is -1.81. The maximum atomic E-state index is 13.5. The molecule has 0 radical (unpaired) electrons. The van der Waals surface area contributed by atoms with Crippen LogP contribution in [0.5, 0.6) is 0 Å². The summed E-state index contributed by atoms with van der Waals surface area (Å²) < 4.78 is 40.1. The van der Waals surface area contributed by atoms with Crippen LogP contribution in [0.25, 0.3) is 0 Å². The number of anilines is 1. The monoisotopic (exact) mass is 344 g/mol. The van der Waals surface area contributed by atoms with Gasteiger partial charge in [0.1, 0.15) is 22.3 Å². The summed E-state index contributed by atoms with van der Waals surface area (Å²) in [6, 6.07) is 9.15. The second kappa shape index (κ2) is 5.90. The summed E-state index contributed by atoms with van der Waals surface area (Å²) in [5, 5.41) is 9.03. The number of rotatable bonds is 3. The number of nitriles is 1. The molecule has 0 aliphatic heterocycles. The van der Waals surface area contributed by atoms with E-state index in [2.05, 4.69) is 4.72 Å². The Morgan fingerprint density at radius 1 is 1.19 bits per heavy atom. The largest absolute Gasteiger partial charge is 0.278 e. The van der Waals surface area contributed by atoms with Gasteiger partial charge in [-0.2, -0.15) is 5.26 Å². The molecule has 0 aliphatic rings. The van der Waals surface area contributed by atoms with E-state index in [0.717, 1.165) is 12.1 Å². The first-order chi connectivity index (χ1) is 9.85. The van der Waals surface area contributed by atoms with Crippen molar-refractivity contribution in [2.75, 3.05) is 4.72 Å². The third-order valence-electron chi connectivity index (χ3n) is 2.55. The quantitative estimate of drug-likeness (QED) is 0.920. The van der Waals surface area contributed by atoms with Crippen LogP contribution in [0.3, 0.4) is 0 Å². The van der Waals surface area contributed by atoms with Crippen molar-refractivity contribution in [3.8, 4) is 6.07 Å². The Bertz CT molecular complexity index is 848. The van der Waals surface area contributed by atoms with Gasteiger partial charge in [0.25, 0.3) is 10.0 Å². The third-order valence-corrected chi connectivity index (χ3v) is 4.63. The van der Waals surface area contributed by atoms with Gasteiger partial charge in [0.05, 0.1) is 10.7 Å². The first-order valence-electron chi connectivity index (χ1n) is 5.51. The van der Waals surface area contributed by atoms with Crippen molar-refractivity contribution in [2.45, 2.75) is 4.90 Å². The van der Waals surface area contributed by atoms with E-state index in [1.807, 2.05) is 0 Å². The lowest BCUT2D eigenvalue weighted by Crippen LogP contribution is -2.14. The normalized spacial score (nSPS) is 11.0. The van der Waals surface area contributed by atoms with Crippen molar-refractivity contribution in [3.63, 3.8) is 0 Å². The van der Waals surface area contributed by atoms with Crippen molar-refractivity contribution >= 4 is 38.9 Å². The van der Waals surface area contributed by atoms with Crippen LogP contribution in [-0.2, 0) is 10.0 Å². The highest BCUT2D eigenvalue weighted by atomic mass is 35.5. The predicted molar refractivity (Wildman–Crippen MR) is 78.4 cm³/mol. The molecule has 0 atom stereocenters. The highest BCUT2D eigenvalue weighted by molar-refractivity contribution is 7.92. The molecule has 4 nitrogen and oxygen atoms in total. The minimum absolute atomic E-state index is 0.0400. The molecule has 0 saturated heterocycles. The van der Waals surface area contributed by atoms with E-state index in [1.165, 1.54) is 24.3 Å². The molecule has 2 aromatic rings. The van der Waals surface area contributed by atoms with Crippen LogP contribution in [-0.4, -0.2) is 8.42 Å². The van der Waals surface area contributed by atoms with E-state index in [4.69, 9.17) is 28.5 Å². The van der Waals surface area contributed by atoms with Crippen LogP contribution in [0.15, 0.2) is 41.3 Å². The third kappa shape index (κ3) is 3.27. The number of hydrogen-bond donors (Lipinski definition) is 1. The molecule has 0 aromatic heterocycles. The summed E-state index contributed by atoms with van der Waals surface area (Å²) >= 11 is 11.6. The van der Waals surface area contributed by atoms with Gasteiger partial charge in [-0.3, -0.25) is 4.72 Å². The van der Waals surface area contributed by atoms with Crippen molar-refractivity contribution in [1.82, 2.24) is 0 Å². The van der Waals surface area contributed by atoms with Gasteiger partial charge in [-0.1, -0.05) is 29.3 Å². The van der Waals surface area contributed by atoms with Crippen molar-refractivity contribution in [2.24, 2.45) is 0 Å². The fourth-order valence-electron chi connectivity index (χ4n) is 1.61. The Morgan fingerprint density at radius 3 is 2.57 bits per heavy atom. The molecule has 8 heteroatoms. The van der Waals surface area contributed by atoms with E-state index in [0.29, 0.717) is 0 Å². The molecule has 0 aliphatic carbocycles. The Morgan fingerprint density at radius 2 is 1.90 bits per heavy atom. The molecule has 0 saturated carbocycles. The summed E-state index contributed by atoms with van der Waals surface area (Å²) in [5.41, 5.74) is -0.576. The maximum absolute atomic E-state index is 13.5. The molecule has 0 spiro atoms. The number of hydrogen-bond acceptors (Lipinski definition) is 3. The molecule has 0 heterocycles. The fourth-order valence-corrected chi connectivity index (χ4v) is 3.44. The molecular formula is C13H7Cl2FN2O2S. The highest BCUT2D eigenvalue weighted by Gasteiger charge is 2.21. The minimum Gasteiger partial charge on any atom is -0.278 e. The van der Waals surface area contributed by atoms with Crippen LogP contribution < -0.4 is 4.72 Å². The Labute approximate surface area is 130 Å². The fraction of sp³-hybridized carbons (Fsp3) is 0. The zero-order valence-corrected chi connectivity index (χ0v) is 12.6. The highest BCUT2D eigenvalue weighted by Crippen LogP contribution is 2.28. The average Bonchev–Trinajstić information content (AvgIpc) is 2.41. The lowest BCUT2D eigenvalue weighted by Gasteiger charge is -2.11. The predicted octanol–water partition coefficient (Wildman–Crippen LogP) is 3.80. The van der Waals surface area contributed by atoms with Crippen LogP contribution in [0.4, 0.5) is 10.1 Å². The van der Waals surface area contributed by atoms with Gasteiger partial charge in [0, 0.05) is 5.02 Å². The van der Waals surface area contributed by atoms with Crippen LogP contribution in [0.2, 0.25) is 10.0 Å². The lowest BCUT2D eigenvalue weighted by atomic mass is 10.2. The number of halogens is 3. The SMILES string of the molecule is N#Cc1c(F)cccc1NS(=O)(=O)c1cc(Cl)ccc1Cl. The van der Waals surface area contributed by atoms with Crippen LogP contribution >= 0.6 is 23.2 Å². The van der Waals surface area contributed by atoms with E-state index in [-0.39, 0.29) is 20.6 Å². The summed E-state index contributed by atoms with van der Waals surface area (Å²) in [6.07, 6.45) is 0. The summed E-state index contributed by atoms with van der Waals surface area (Å²) in [7, 11) is -4.10. The average molecular weight is 345 g/mol. The van der Waals surface area contributed by atoms with Crippen LogP contribution in [0, 0.1) is 17.1 Å². The van der Waals surface area contributed by atoms with E-state index >= 15 is 0 Å². The second-order valence-corrected chi connectivity index (χ2v) is 6.45. The molecular weight excluding hydrogens is 338 g/mol. The van der Waals surface area contributed by atoms with E-state index in [9.17, 15) is 12.8 Å². The first-order valence-corrected chi connectivity index (χ1v) is 7.75. The van der Waals surface area contributed by atoms with Crippen LogP contribution in [0.1, 0.15) is 5.56 Å². The van der Waals surface area contributed by atoms with Gasteiger partial charge in [-0.05, 0) is 30.3 Å². The number of sulfonamides is 1. The molecule has 2 rings (SSSR count). The second-order valence-electron chi connectivity index (χ2n) is 3.95. The van der Waals surface area contributed by atoms with E-state index in [1.54, 1.807) is 6.07 Å². The number of benzene rings is 2. The smallest absolute Gasteiger partial charge is 0.263 e. The van der Waals surface area contributed by atoms with Gasteiger partial charge < -0.3 is 0 Å². The molecule has 0 amide bonds. The van der Waals surface area contributed by atoms with Gasteiger partial charge in [-0.15, -0.1) is 0 Å². The molecule has 1 N–H and O–H groups in total. The summed E-state index contributed by atoms with van der Waals surface area (Å²) in [4.78, 5) is -0.259. The van der Waals surface area contributed by atoms with Gasteiger partial charge in [-0.25, -0.2) is 12.8 Å². The Balaban J connectivity index is 2.51. The summed E-state index contributed by atoms with van der Waals surface area (Å²) in [6.45, 7) is 0. The minimum atomic E-state index is -4.10. The van der Waals surface area contributed by atoms with Gasteiger partial charge >= 0.3 is 0 Å². The van der Waals surface area contributed by atoms with Gasteiger partial charge in [0.2, 0.25) is 0 Å². The van der Waals surface area contributed by atoms with Crippen molar-refractivity contribution in [1.29, 1.82) is 5.26 Å². The summed E-state index contributed by atoms with van der Waals surface area (Å²) in [5.74, 6) is -0.824. The maximum Gasteiger partial charge on any atom is 0.263 e. The molecule has 0 fully saturated rings. The van der Waals surface area contributed by atoms with Gasteiger partial charge in [0.15, 0.2) is 0 Å². The lowest BCUT2D eigenvalue weighted by molar-refractivity contribution is 0.601. The topological polar surface area (TPSA) is 70.0 Å². The molecule has 108 valence electrons. The molecule has 21 heavy (non-hydrogen) atoms. The number of nitrogens with zero attached hydrogens (tertiary/aromatic N) is 1. The standard InChI is InChI=1S/C13H7Cl2FN2O2S/c14-8-4-5-10(15)13(6-8)21(19,20)18-12-3-1-2-11(16)9(12)7-17/h1-6,18H. The van der Waals surface area contributed by atoms with E-state index < -0.39 is 21.4 Å². The number of nitrogens with one attached hydrogen (secondary N) is 1. The molecule has 2 aromatic carbocycles. The Kier molecular flexibility index (Phi) is 4.37. The zero-order chi connectivity index (χ0) is 15.6. The van der Waals surface area contributed by atoms with Crippen molar-refractivity contribution < 1.29 is 12.8 Å². The first kappa shape index (κ1) is 15.6. The zero-order valence-electron chi connectivity index (χ0n) is 10.3. The molecule has 0 unspecified atom stereocenters. The van der Waals surface area contributed by atoms with Crippen molar-refractivity contribution in [3.05, 3.63) is 57.8 Å². The molecule has 0 bridgehead atoms.